The van der Waals surface area contributed by atoms with Gasteiger partial charge in [0, 0.05) is 43.5 Å². The lowest BCUT2D eigenvalue weighted by atomic mass is 10.3. The van der Waals surface area contributed by atoms with Crippen LogP contribution in [0.4, 0.5) is 14.5 Å². The fourth-order valence-electron chi connectivity index (χ4n) is 1.52. The summed E-state index contributed by atoms with van der Waals surface area (Å²) in [6.45, 7) is 3.32. The average Bonchev–Trinajstić information content (AvgIpc) is 2.40. The number of aromatic nitrogens is 1. The molecule has 0 atom stereocenters. The maximum atomic E-state index is 12.5. The van der Waals surface area contributed by atoms with Crippen molar-refractivity contribution < 1.29 is 18.3 Å². The van der Waals surface area contributed by atoms with Gasteiger partial charge in [0.05, 0.1) is 7.11 Å². The number of amides is 1. The second-order valence-corrected chi connectivity index (χ2v) is 4.55. The largest absolute Gasteiger partial charge is 0.481 e. The van der Waals surface area contributed by atoms with Gasteiger partial charge >= 0.3 is 0 Å². The van der Waals surface area contributed by atoms with Crippen molar-refractivity contribution in [3.63, 3.8) is 0 Å². The monoisotopic (exact) mass is 299 g/mol. The summed E-state index contributed by atoms with van der Waals surface area (Å²) < 4.78 is 30.1. The molecule has 0 aliphatic carbocycles. The Hall–Kier alpha value is -2.18. The Kier molecular flexibility index (Phi) is 6.08. The summed E-state index contributed by atoms with van der Waals surface area (Å²) in [7, 11) is 1.53. The summed E-state index contributed by atoms with van der Waals surface area (Å²) in [5.41, 5.74) is 1.61. The van der Waals surface area contributed by atoms with Gasteiger partial charge in [0.2, 0.25) is 11.8 Å². The van der Waals surface area contributed by atoms with E-state index in [9.17, 15) is 13.6 Å². The van der Waals surface area contributed by atoms with Gasteiger partial charge in [-0.3, -0.25) is 4.79 Å². The molecule has 0 unspecified atom stereocenters. The highest BCUT2D eigenvalue weighted by Crippen LogP contribution is 2.16. The molecule has 0 aromatic carbocycles. The quantitative estimate of drug-likeness (QED) is 0.598. The van der Waals surface area contributed by atoms with E-state index in [0.717, 1.165) is 24.4 Å². The number of hydrogen-bond donors (Lipinski definition) is 2. The molecule has 0 fully saturated rings. The Balaban J connectivity index is 2.36. The van der Waals surface area contributed by atoms with Crippen LogP contribution in [0.15, 0.2) is 24.3 Å². The van der Waals surface area contributed by atoms with Crippen LogP contribution in [-0.4, -0.2) is 37.0 Å². The van der Waals surface area contributed by atoms with Crippen LogP contribution >= 0.6 is 0 Å². The Morgan fingerprint density at radius 3 is 2.76 bits per heavy atom. The highest BCUT2D eigenvalue weighted by molar-refractivity contribution is 5.87. The topological polar surface area (TPSA) is 63.2 Å². The second kappa shape index (κ2) is 7.56. The molecule has 1 heterocycles. The summed E-state index contributed by atoms with van der Waals surface area (Å²) in [4.78, 5) is 15.4. The third-order valence-corrected chi connectivity index (χ3v) is 2.42. The number of aryl methyl sites for hydroxylation is 1. The van der Waals surface area contributed by atoms with E-state index >= 15 is 0 Å². The van der Waals surface area contributed by atoms with E-state index in [2.05, 4.69) is 15.6 Å². The van der Waals surface area contributed by atoms with Crippen LogP contribution in [0.3, 0.4) is 0 Å². The first-order chi connectivity index (χ1) is 9.80. The lowest BCUT2D eigenvalue weighted by Crippen LogP contribution is -2.27. The van der Waals surface area contributed by atoms with Crippen LogP contribution in [0.1, 0.15) is 12.6 Å². The van der Waals surface area contributed by atoms with E-state index in [1.54, 1.807) is 6.07 Å². The standard InChI is InChI=1S/C14H19F2N3O2/c1-10-8-11(9-13(19-10)21-3)17-6-7-18-12(20)4-5-14(2,15)16/h4-5,8-9H,6-7H2,1-3H3,(H,17,19)(H,18,20)/b5-4+. The zero-order chi connectivity index (χ0) is 15.9. The number of carbonyl (C=O) groups excluding carboxylic acids is 1. The molecule has 7 heteroatoms. The van der Waals surface area contributed by atoms with Crippen LogP contribution in [0.25, 0.3) is 0 Å². The van der Waals surface area contributed by atoms with Crippen LogP contribution in [0.2, 0.25) is 0 Å². The first-order valence-corrected chi connectivity index (χ1v) is 6.41. The van der Waals surface area contributed by atoms with Crippen LogP contribution in [0.5, 0.6) is 5.88 Å². The predicted molar refractivity (Wildman–Crippen MR) is 76.8 cm³/mol. The molecular formula is C14H19F2N3O2. The molecule has 0 saturated carbocycles. The molecule has 0 aliphatic rings. The minimum atomic E-state index is -2.99. The Morgan fingerprint density at radius 2 is 2.14 bits per heavy atom. The number of ether oxygens (including phenoxy) is 1. The molecule has 1 aromatic rings. The third kappa shape index (κ3) is 7.24. The molecule has 1 amide bonds. The molecule has 0 radical (unpaired) electrons. The van der Waals surface area contributed by atoms with Gasteiger partial charge in [-0.1, -0.05) is 0 Å². The molecular weight excluding hydrogens is 280 g/mol. The SMILES string of the molecule is COc1cc(NCCNC(=O)/C=C/C(C)(F)F)cc(C)n1. The van der Waals surface area contributed by atoms with Crippen LogP contribution in [-0.2, 0) is 4.79 Å². The molecule has 21 heavy (non-hydrogen) atoms. The zero-order valence-corrected chi connectivity index (χ0v) is 12.2. The van der Waals surface area contributed by atoms with Crippen molar-refractivity contribution in [2.45, 2.75) is 19.8 Å². The van der Waals surface area contributed by atoms with Crippen molar-refractivity contribution in [2.24, 2.45) is 0 Å². The number of pyridine rings is 1. The maximum absolute atomic E-state index is 12.5. The summed E-state index contributed by atoms with van der Waals surface area (Å²) >= 11 is 0. The third-order valence-electron chi connectivity index (χ3n) is 2.42. The fourth-order valence-corrected chi connectivity index (χ4v) is 1.52. The van der Waals surface area contributed by atoms with Crippen molar-refractivity contribution in [3.8, 4) is 5.88 Å². The first kappa shape index (κ1) is 16.9. The smallest absolute Gasteiger partial charge is 0.264 e. The van der Waals surface area contributed by atoms with E-state index < -0.39 is 11.8 Å². The summed E-state index contributed by atoms with van der Waals surface area (Å²) in [5, 5.41) is 5.58. The van der Waals surface area contributed by atoms with E-state index in [-0.39, 0.29) is 0 Å². The fraction of sp³-hybridized carbons (Fsp3) is 0.429. The summed E-state index contributed by atoms with van der Waals surface area (Å²) in [5.74, 6) is -3.04. The van der Waals surface area contributed by atoms with E-state index in [4.69, 9.17) is 4.74 Å². The summed E-state index contributed by atoms with van der Waals surface area (Å²) in [6.07, 6.45) is 1.40. The number of allylic oxidation sites excluding steroid dienone is 1. The molecule has 2 N–H and O–H groups in total. The van der Waals surface area contributed by atoms with Gasteiger partial charge in [-0.15, -0.1) is 0 Å². The zero-order valence-electron chi connectivity index (χ0n) is 12.2. The Bertz CT molecular complexity index is 513. The number of hydrogen-bond acceptors (Lipinski definition) is 4. The van der Waals surface area contributed by atoms with Crippen molar-refractivity contribution >= 4 is 11.6 Å². The highest BCUT2D eigenvalue weighted by Gasteiger charge is 2.15. The minimum absolute atomic E-state index is 0.308. The van der Waals surface area contributed by atoms with Gasteiger partial charge < -0.3 is 15.4 Å². The second-order valence-electron chi connectivity index (χ2n) is 4.55. The predicted octanol–water partition coefficient (Wildman–Crippen LogP) is 2.14. The van der Waals surface area contributed by atoms with E-state index in [1.165, 1.54) is 7.11 Å². The highest BCUT2D eigenvalue weighted by atomic mass is 19.3. The van der Waals surface area contributed by atoms with Gasteiger partial charge in [-0.2, -0.15) is 0 Å². The van der Waals surface area contributed by atoms with Crippen molar-refractivity contribution in [1.82, 2.24) is 10.3 Å². The average molecular weight is 299 g/mol. The number of carbonyl (C=O) groups is 1. The normalized spacial score (nSPS) is 11.5. The molecule has 0 spiro atoms. The maximum Gasteiger partial charge on any atom is 0.264 e. The number of nitrogens with zero attached hydrogens (tertiary/aromatic N) is 1. The summed E-state index contributed by atoms with van der Waals surface area (Å²) in [6, 6.07) is 3.56. The van der Waals surface area contributed by atoms with Gasteiger partial charge in [-0.05, 0) is 19.1 Å². The van der Waals surface area contributed by atoms with E-state index in [0.29, 0.717) is 25.0 Å². The van der Waals surface area contributed by atoms with Gasteiger partial charge in [0.15, 0.2) is 0 Å². The Morgan fingerprint density at radius 1 is 1.43 bits per heavy atom. The number of halogens is 2. The number of nitrogens with one attached hydrogen (secondary N) is 2. The van der Waals surface area contributed by atoms with Gasteiger partial charge in [0.1, 0.15) is 0 Å². The number of methoxy groups -OCH3 is 1. The van der Waals surface area contributed by atoms with Crippen molar-refractivity contribution in [3.05, 3.63) is 30.0 Å². The number of anilines is 1. The molecule has 0 saturated heterocycles. The van der Waals surface area contributed by atoms with Crippen LogP contribution < -0.4 is 15.4 Å². The first-order valence-electron chi connectivity index (χ1n) is 6.41. The molecule has 1 aromatic heterocycles. The molecule has 1 rings (SSSR count). The van der Waals surface area contributed by atoms with Crippen molar-refractivity contribution in [2.75, 3.05) is 25.5 Å². The Labute approximate surface area is 122 Å². The molecule has 0 bridgehead atoms. The number of rotatable bonds is 7. The van der Waals surface area contributed by atoms with Gasteiger partial charge in [0.25, 0.3) is 5.92 Å². The van der Waals surface area contributed by atoms with Gasteiger partial charge in [-0.25, -0.2) is 13.8 Å². The minimum Gasteiger partial charge on any atom is -0.481 e. The lowest BCUT2D eigenvalue weighted by molar-refractivity contribution is -0.116. The van der Waals surface area contributed by atoms with Crippen molar-refractivity contribution in [1.29, 1.82) is 0 Å². The lowest BCUT2D eigenvalue weighted by Gasteiger charge is -2.09. The van der Waals surface area contributed by atoms with Crippen LogP contribution in [0, 0.1) is 6.92 Å². The molecule has 5 nitrogen and oxygen atoms in total. The molecule has 0 aliphatic heterocycles. The number of alkyl halides is 2. The van der Waals surface area contributed by atoms with E-state index in [1.807, 2.05) is 13.0 Å². The molecule has 116 valence electrons.